The summed E-state index contributed by atoms with van der Waals surface area (Å²) < 4.78 is 0. The molecule has 0 spiro atoms. The fraction of sp³-hybridized carbons (Fsp3) is 0.143. The predicted molar refractivity (Wildman–Crippen MR) is 112 cm³/mol. The van der Waals surface area contributed by atoms with Crippen LogP contribution in [0.4, 0.5) is 16.4 Å². The molecule has 1 aliphatic carbocycles. The third-order valence-corrected chi connectivity index (χ3v) is 5.95. The van der Waals surface area contributed by atoms with E-state index in [1.54, 1.807) is 12.1 Å². The Balaban J connectivity index is 1.60. The van der Waals surface area contributed by atoms with Gasteiger partial charge in [-0.25, -0.2) is 0 Å². The summed E-state index contributed by atoms with van der Waals surface area (Å²) in [6.45, 7) is 0. The van der Waals surface area contributed by atoms with E-state index in [2.05, 4.69) is 10.6 Å². The zero-order valence-electron chi connectivity index (χ0n) is 15.3. The van der Waals surface area contributed by atoms with Gasteiger partial charge in [0.1, 0.15) is 5.00 Å². The minimum absolute atomic E-state index is 0.0837. The molecule has 0 unspecified atom stereocenters. The molecule has 3 aromatic rings. The minimum Gasteiger partial charge on any atom is -0.322 e. The number of benzene rings is 2. The first kappa shape index (κ1) is 18.8. The normalized spacial score (nSPS) is 12.3. The molecular weight excluding hydrogens is 390 g/mol. The first-order valence-corrected chi connectivity index (χ1v) is 9.91. The predicted octanol–water partition coefficient (Wildman–Crippen LogP) is 4.65. The average Bonchev–Trinajstić information content (AvgIpc) is 3.29. The molecule has 0 bridgehead atoms. The molecule has 4 rings (SSSR count). The number of amides is 2. The maximum atomic E-state index is 13.0. The van der Waals surface area contributed by atoms with Crippen molar-refractivity contribution in [1.82, 2.24) is 0 Å². The Morgan fingerprint density at radius 3 is 2.34 bits per heavy atom. The second-order valence-corrected chi connectivity index (χ2v) is 7.74. The number of para-hydroxylation sites is 1. The van der Waals surface area contributed by atoms with Crippen molar-refractivity contribution in [2.24, 2.45) is 0 Å². The van der Waals surface area contributed by atoms with Crippen molar-refractivity contribution in [2.45, 2.75) is 19.3 Å². The second kappa shape index (κ2) is 7.84. The lowest BCUT2D eigenvalue weighted by molar-refractivity contribution is -0.384. The molecule has 2 N–H and O–H groups in total. The molecule has 1 aliphatic rings. The lowest BCUT2D eigenvalue weighted by Gasteiger charge is -2.09. The number of hydrogen-bond acceptors (Lipinski definition) is 5. The summed E-state index contributed by atoms with van der Waals surface area (Å²) in [7, 11) is 0. The topological polar surface area (TPSA) is 101 Å². The van der Waals surface area contributed by atoms with Crippen LogP contribution in [-0.4, -0.2) is 16.7 Å². The van der Waals surface area contributed by atoms with Gasteiger partial charge in [-0.1, -0.05) is 18.2 Å². The van der Waals surface area contributed by atoms with Crippen LogP contribution in [0.5, 0.6) is 0 Å². The van der Waals surface area contributed by atoms with E-state index in [9.17, 15) is 19.7 Å². The molecule has 1 aromatic heterocycles. The van der Waals surface area contributed by atoms with E-state index in [-0.39, 0.29) is 11.6 Å². The van der Waals surface area contributed by atoms with Crippen LogP contribution in [0.25, 0.3) is 0 Å². The SMILES string of the molecule is O=C(Nc1sc2c(c1C(=O)Nc1ccccc1)CCC2)c1ccc([N+](=O)[O-])cc1. The summed E-state index contributed by atoms with van der Waals surface area (Å²) >= 11 is 1.42. The number of nitrogens with zero attached hydrogens (tertiary/aromatic N) is 1. The Labute approximate surface area is 170 Å². The number of carbonyl (C=O) groups excluding carboxylic acids is 2. The molecule has 1 heterocycles. The summed E-state index contributed by atoms with van der Waals surface area (Å²) in [5, 5.41) is 17.0. The Hall–Kier alpha value is -3.52. The maximum Gasteiger partial charge on any atom is 0.269 e. The largest absolute Gasteiger partial charge is 0.322 e. The smallest absolute Gasteiger partial charge is 0.269 e. The number of nitrogens with one attached hydrogen (secondary N) is 2. The molecule has 8 heteroatoms. The van der Waals surface area contributed by atoms with Gasteiger partial charge in [-0.15, -0.1) is 11.3 Å². The van der Waals surface area contributed by atoms with Crippen molar-refractivity contribution >= 4 is 39.5 Å². The zero-order chi connectivity index (χ0) is 20.4. The first-order valence-electron chi connectivity index (χ1n) is 9.09. The standard InChI is InChI=1S/C21H17N3O4S/c25-19(13-9-11-15(12-10-13)24(27)28)23-21-18(16-7-4-8-17(16)29-21)20(26)22-14-5-2-1-3-6-14/h1-3,5-6,9-12H,4,7-8H2,(H,22,26)(H,23,25). The van der Waals surface area contributed by atoms with E-state index in [0.29, 0.717) is 21.8 Å². The summed E-state index contributed by atoms with van der Waals surface area (Å²) in [4.78, 5) is 37.0. The molecule has 146 valence electrons. The second-order valence-electron chi connectivity index (χ2n) is 6.64. The number of hydrogen-bond donors (Lipinski definition) is 2. The fourth-order valence-corrected chi connectivity index (χ4v) is 4.64. The number of rotatable bonds is 5. The molecule has 0 radical (unpaired) electrons. The van der Waals surface area contributed by atoms with E-state index in [0.717, 1.165) is 29.7 Å². The molecule has 0 atom stereocenters. The molecule has 2 amide bonds. The van der Waals surface area contributed by atoms with Gasteiger partial charge in [-0.05, 0) is 49.1 Å². The van der Waals surface area contributed by atoms with Crippen LogP contribution in [-0.2, 0) is 12.8 Å². The van der Waals surface area contributed by atoms with Crippen molar-refractivity contribution < 1.29 is 14.5 Å². The van der Waals surface area contributed by atoms with Gasteiger partial charge in [0.15, 0.2) is 0 Å². The van der Waals surface area contributed by atoms with Crippen LogP contribution in [0.2, 0.25) is 0 Å². The van der Waals surface area contributed by atoms with Gasteiger partial charge in [0.2, 0.25) is 0 Å². The Bertz CT molecular complexity index is 1090. The molecule has 0 fully saturated rings. The van der Waals surface area contributed by atoms with Crippen LogP contribution in [0, 0.1) is 10.1 Å². The van der Waals surface area contributed by atoms with Gasteiger partial charge in [-0.2, -0.15) is 0 Å². The molecule has 7 nitrogen and oxygen atoms in total. The Morgan fingerprint density at radius 2 is 1.66 bits per heavy atom. The van der Waals surface area contributed by atoms with E-state index >= 15 is 0 Å². The van der Waals surface area contributed by atoms with E-state index in [1.165, 1.54) is 35.6 Å². The van der Waals surface area contributed by atoms with Crippen LogP contribution in [0.15, 0.2) is 54.6 Å². The number of thiophene rings is 1. The highest BCUT2D eigenvalue weighted by Gasteiger charge is 2.27. The molecule has 0 aliphatic heterocycles. The molecule has 0 saturated heterocycles. The van der Waals surface area contributed by atoms with E-state index in [1.807, 2.05) is 18.2 Å². The lowest BCUT2D eigenvalue weighted by Crippen LogP contribution is -2.18. The lowest BCUT2D eigenvalue weighted by atomic mass is 10.1. The third-order valence-electron chi connectivity index (χ3n) is 4.75. The van der Waals surface area contributed by atoms with Crippen molar-refractivity contribution in [3.63, 3.8) is 0 Å². The molecule has 0 saturated carbocycles. The maximum absolute atomic E-state index is 13.0. The molecule has 29 heavy (non-hydrogen) atoms. The van der Waals surface area contributed by atoms with Gasteiger partial charge >= 0.3 is 0 Å². The monoisotopic (exact) mass is 407 g/mol. The van der Waals surface area contributed by atoms with Crippen molar-refractivity contribution in [2.75, 3.05) is 10.6 Å². The number of nitro groups is 1. The number of anilines is 2. The van der Waals surface area contributed by atoms with E-state index in [4.69, 9.17) is 0 Å². The minimum atomic E-state index is -0.516. The fourth-order valence-electron chi connectivity index (χ4n) is 3.36. The van der Waals surface area contributed by atoms with Crippen molar-refractivity contribution in [3.05, 3.63) is 86.3 Å². The highest BCUT2D eigenvalue weighted by molar-refractivity contribution is 7.17. The summed E-state index contributed by atoms with van der Waals surface area (Å²) in [6.07, 6.45) is 2.68. The highest BCUT2D eigenvalue weighted by atomic mass is 32.1. The number of nitro benzene ring substituents is 1. The number of non-ortho nitro benzene ring substituents is 1. The van der Waals surface area contributed by atoms with Crippen molar-refractivity contribution in [3.8, 4) is 0 Å². The summed E-state index contributed by atoms with van der Waals surface area (Å²) in [5.41, 5.74) is 2.38. The van der Waals surface area contributed by atoms with Crippen LogP contribution in [0.1, 0.15) is 37.6 Å². The van der Waals surface area contributed by atoms with Gasteiger partial charge in [-0.3, -0.25) is 19.7 Å². The number of aryl methyl sites for hydroxylation is 1. The van der Waals surface area contributed by atoms with Crippen LogP contribution in [0.3, 0.4) is 0 Å². The summed E-state index contributed by atoms with van der Waals surface area (Å²) in [5.74, 6) is -0.664. The summed E-state index contributed by atoms with van der Waals surface area (Å²) in [6, 6.07) is 14.5. The number of carbonyl (C=O) groups is 2. The van der Waals surface area contributed by atoms with E-state index < -0.39 is 10.8 Å². The van der Waals surface area contributed by atoms with Gasteiger partial charge in [0.25, 0.3) is 17.5 Å². The van der Waals surface area contributed by atoms with Gasteiger partial charge in [0.05, 0.1) is 10.5 Å². The zero-order valence-corrected chi connectivity index (χ0v) is 16.1. The Morgan fingerprint density at radius 1 is 0.931 bits per heavy atom. The van der Waals surface area contributed by atoms with Gasteiger partial charge < -0.3 is 10.6 Å². The number of fused-ring (bicyclic) bond motifs is 1. The quantitative estimate of drug-likeness (QED) is 0.475. The van der Waals surface area contributed by atoms with Crippen LogP contribution < -0.4 is 10.6 Å². The molecule has 2 aromatic carbocycles. The highest BCUT2D eigenvalue weighted by Crippen LogP contribution is 2.39. The Kier molecular flexibility index (Phi) is 5.09. The van der Waals surface area contributed by atoms with Crippen LogP contribution >= 0.6 is 11.3 Å². The molecular formula is C21H17N3O4S. The third kappa shape index (κ3) is 3.88. The first-order chi connectivity index (χ1) is 14.0. The van der Waals surface area contributed by atoms with Crippen molar-refractivity contribution in [1.29, 1.82) is 0 Å². The average molecular weight is 407 g/mol. The van der Waals surface area contributed by atoms with Gasteiger partial charge in [0, 0.05) is 28.3 Å².